The molecule has 0 aromatic carbocycles. The Bertz CT molecular complexity index is 288. The molecular formula is C16H29NO2. The number of aliphatic hydroxyl groups is 1. The molecule has 1 spiro atoms. The van der Waals surface area contributed by atoms with Crippen LogP contribution in [0.1, 0.15) is 64.2 Å². The van der Waals surface area contributed by atoms with Crippen LogP contribution < -0.4 is 5.32 Å². The second-order valence-corrected chi connectivity index (χ2v) is 6.93. The second-order valence-electron chi connectivity index (χ2n) is 6.93. The molecule has 0 amide bonds. The van der Waals surface area contributed by atoms with Crippen LogP contribution in [0, 0.1) is 5.92 Å². The maximum absolute atomic E-state index is 9.53. The zero-order chi connectivity index (χ0) is 13.1. The first-order valence-corrected chi connectivity index (χ1v) is 8.32. The van der Waals surface area contributed by atoms with Crippen LogP contribution in [0.2, 0.25) is 0 Å². The van der Waals surface area contributed by atoms with Crippen molar-refractivity contribution in [3.63, 3.8) is 0 Å². The Balaban J connectivity index is 1.56. The van der Waals surface area contributed by atoms with E-state index in [1.165, 1.54) is 57.8 Å². The monoisotopic (exact) mass is 267 g/mol. The summed E-state index contributed by atoms with van der Waals surface area (Å²) < 4.78 is 6.11. The predicted molar refractivity (Wildman–Crippen MR) is 76.1 cm³/mol. The normalized spacial score (nSPS) is 38.7. The Labute approximate surface area is 117 Å². The van der Waals surface area contributed by atoms with Gasteiger partial charge in [0.2, 0.25) is 0 Å². The third kappa shape index (κ3) is 3.14. The summed E-state index contributed by atoms with van der Waals surface area (Å²) in [6.45, 7) is 1.28. The number of nitrogens with one attached hydrogen (secondary N) is 1. The van der Waals surface area contributed by atoms with E-state index in [2.05, 4.69) is 5.32 Å². The molecule has 2 N–H and O–H groups in total. The van der Waals surface area contributed by atoms with Gasteiger partial charge in [-0.1, -0.05) is 25.7 Å². The largest absolute Gasteiger partial charge is 0.396 e. The van der Waals surface area contributed by atoms with Gasteiger partial charge in [-0.15, -0.1) is 0 Å². The smallest absolute Gasteiger partial charge is 0.0697 e. The van der Waals surface area contributed by atoms with Gasteiger partial charge in [0.15, 0.2) is 0 Å². The second kappa shape index (κ2) is 6.11. The summed E-state index contributed by atoms with van der Waals surface area (Å²) in [4.78, 5) is 0. The van der Waals surface area contributed by atoms with Gasteiger partial charge in [0.25, 0.3) is 0 Å². The molecule has 3 rings (SSSR count). The van der Waals surface area contributed by atoms with E-state index in [1.807, 2.05) is 0 Å². The van der Waals surface area contributed by atoms with E-state index in [-0.39, 0.29) is 5.60 Å². The molecule has 0 aromatic heterocycles. The highest BCUT2D eigenvalue weighted by atomic mass is 16.5. The van der Waals surface area contributed by atoms with Crippen molar-refractivity contribution in [3.8, 4) is 0 Å². The van der Waals surface area contributed by atoms with Crippen molar-refractivity contribution < 1.29 is 9.84 Å². The fraction of sp³-hybridized carbons (Fsp3) is 1.00. The molecule has 1 heterocycles. The van der Waals surface area contributed by atoms with Crippen molar-refractivity contribution in [3.05, 3.63) is 0 Å². The summed E-state index contributed by atoms with van der Waals surface area (Å²) in [7, 11) is 0. The van der Waals surface area contributed by atoms with E-state index in [0.29, 0.717) is 24.6 Å². The molecule has 0 radical (unpaired) electrons. The zero-order valence-electron chi connectivity index (χ0n) is 12.1. The van der Waals surface area contributed by atoms with Crippen LogP contribution in [0.25, 0.3) is 0 Å². The molecule has 0 bridgehead atoms. The lowest BCUT2D eigenvalue weighted by Gasteiger charge is -2.42. The molecule has 19 heavy (non-hydrogen) atoms. The quantitative estimate of drug-likeness (QED) is 0.826. The van der Waals surface area contributed by atoms with E-state index in [4.69, 9.17) is 4.74 Å². The molecule has 110 valence electrons. The summed E-state index contributed by atoms with van der Waals surface area (Å²) >= 11 is 0. The van der Waals surface area contributed by atoms with E-state index in [0.717, 1.165) is 13.0 Å². The first-order chi connectivity index (χ1) is 9.31. The van der Waals surface area contributed by atoms with Gasteiger partial charge in [-0.05, 0) is 44.4 Å². The zero-order valence-corrected chi connectivity index (χ0v) is 12.1. The van der Waals surface area contributed by atoms with Gasteiger partial charge in [-0.3, -0.25) is 0 Å². The van der Waals surface area contributed by atoms with Crippen molar-refractivity contribution in [1.82, 2.24) is 5.32 Å². The third-order valence-electron chi connectivity index (χ3n) is 5.60. The van der Waals surface area contributed by atoms with Crippen LogP contribution in [0.3, 0.4) is 0 Å². The van der Waals surface area contributed by atoms with Gasteiger partial charge in [-0.2, -0.15) is 0 Å². The number of ether oxygens (including phenoxy) is 1. The Morgan fingerprint density at radius 1 is 1.05 bits per heavy atom. The summed E-state index contributed by atoms with van der Waals surface area (Å²) in [5.41, 5.74) is 0.208. The minimum Gasteiger partial charge on any atom is -0.396 e. The number of aliphatic hydroxyl groups excluding tert-OH is 1. The summed E-state index contributed by atoms with van der Waals surface area (Å²) in [5, 5.41) is 13.4. The lowest BCUT2D eigenvalue weighted by Crippen LogP contribution is -2.51. The topological polar surface area (TPSA) is 41.5 Å². The molecular weight excluding hydrogens is 238 g/mol. The molecule has 2 saturated carbocycles. The van der Waals surface area contributed by atoms with Crippen molar-refractivity contribution >= 4 is 0 Å². The Morgan fingerprint density at radius 3 is 2.63 bits per heavy atom. The average Bonchev–Trinajstić information content (AvgIpc) is 2.87. The highest BCUT2D eigenvalue weighted by molar-refractivity contribution is 4.95. The van der Waals surface area contributed by atoms with Gasteiger partial charge < -0.3 is 15.2 Å². The van der Waals surface area contributed by atoms with Crippen LogP contribution in [-0.4, -0.2) is 36.0 Å². The third-order valence-corrected chi connectivity index (χ3v) is 5.60. The maximum atomic E-state index is 9.53. The minimum absolute atomic E-state index is 0.208. The molecule has 3 atom stereocenters. The summed E-state index contributed by atoms with van der Waals surface area (Å²) in [6, 6.07) is 1.16. The molecule has 2 aliphatic carbocycles. The molecule has 1 saturated heterocycles. The number of rotatable bonds is 3. The highest BCUT2D eigenvalue weighted by Crippen LogP contribution is 2.40. The fourth-order valence-electron chi connectivity index (χ4n) is 4.49. The Hall–Kier alpha value is -0.120. The molecule has 3 fully saturated rings. The van der Waals surface area contributed by atoms with E-state index in [1.54, 1.807) is 0 Å². The predicted octanol–water partition coefficient (Wildman–Crippen LogP) is 2.62. The molecule has 1 aliphatic heterocycles. The van der Waals surface area contributed by atoms with Crippen molar-refractivity contribution in [2.45, 2.75) is 81.9 Å². The number of hydrogen-bond acceptors (Lipinski definition) is 3. The first-order valence-electron chi connectivity index (χ1n) is 8.32. The fourth-order valence-corrected chi connectivity index (χ4v) is 4.49. The molecule has 3 nitrogen and oxygen atoms in total. The standard InChI is InChI=1S/C16H29NO2/c18-12-13-5-1-2-6-15(13)17-14-7-10-19-16(11-14)8-3-4-9-16/h13-15,17-18H,1-12H2. The van der Waals surface area contributed by atoms with E-state index in [9.17, 15) is 5.11 Å². The molecule has 3 aliphatic rings. The molecule has 0 aromatic rings. The van der Waals surface area contributed by atoms with Crippen LogP contribution in [0.4, 0.5) is 0 Å². The van der Waals surface area contributed by atoms with E-state index >= 15 is 0 Å². The van der Waals surface area contributed by atoms with Gasteiger partial charge in [0.05, 0.1) is 5.60 Å². The first kappa shape index (κ1) is 13.8. The Kier molecular flexibility index (Phi) is 4.45. The van der Waals surface area contributed by atoms with Crippen molar-refractivity contribution in [1.29, 1.82) is 0 Å². The van der Waals surface area contributed by atoms with Gasteiger partial charge >= 0.3 is 0 Å². The summed E-state index contributed by atoms with van der Waals surface area (Å²) in [5.74, 6) is 0.483. The molecule has 3 heteroatoms. The average molecular weight is 267 g/mol. The van der Waals surface area contributed by atoms with Gasteiger partial charge in [0, 0.05) is 25.3 Å². The lowest BCUT2D eigenvalue weighted by molar-refractivity contribution is -0.0861. The SMILES string of the molecule is OCC1CCCCC1NC1CCOC2(CCCC2)C1. The number of hydrogen-bond donors (Lipinski definition) is 2. The maximum Gasteiger partial charge on any atom is 0.0697 e. The van der Waals surface area contributed by atoms with Crippen molar-refractivity contribution in [2.75, 3.05) is 13.2 Å². The van der Waals surface area contributed by atoms with E-state index < -0.39 is 0 Å². The minimum atomic E-state index is 0.208. The summed E-state index contributed by atoms with van der Waals surface area (Å²) in [6.07, 6.45) is 12.6. The molecule has 3 unspecified atom stereocenters. The van der Waals surface area contributed by atoms with Crippen LogP contribution in [0.5, 0.6) is 0 Å². The lowest BCUT2D eigenvalue weighted by atomic mass is 9.82. The van der Waals surface area contributed by atoms with Crippen LogP contribution in [0.15, 0.2) is 0 Å². The Morgan fingerprint density at radius 2 is 1.84 bits per heavy atom. The van der Waals surface area contributed by atoms with Crippen molar-refractivity contribution in [2.24, 2.45) is 5.92 Å². The van der Waals surface area contributed by atoms with Gasteiger partial charge in [0.1, 0.15) is 0 Å². The van der Waals surface area contributed by atoms with Crippen LogP contribution >= 0.6 is 0 Å². The highest BCUT2D eigenvalue weighted by Gasteiger charge is 2.40. The van der Waals surface area contributed by atoms with Crippen LogP contribution in [-0.2, 0) is 4.74 Å². The van der Waals surface area contributed by atoms with Gasteiger partial charge in [-0.25, -0.2) is 0 Å².